The molecule has 0 spiro atoms. The van der Waals surface area contributed by atoms with E-state index in [1.807, 2.05) is 41.1 Å². The molecule has 0 aliphatic heterocycles. The van der Waals surface area contributed by atoms with Gasteiger partial charge in [0.25, 0.3) is 5.91 Å². The molecule has 2 aromatic carbocycles. The van der Waals surface area contributed by atoms with Crippen molar-refractivity contribution in [3.63, 3.8) is 0 Å². The second-order valence-electron chi connectivity index (χ2n) is 7.04. The maximum absolute atomic E-state index is 13.0. The van der Waals surface area contributed by atoms with Gasteiger partial charge in [-0.3, -0.25) is 4.79 Å². The summed E-state index contributed by atoms with van der Waals surface area (Å²) in [5, 5.41) is 7.79. The third-order valence-electron chi connectivity index (χ3n) is 5.45. The fraction of sp³-hybridized carbons (Fsp3) is 0.304. The van der Waals surface area contributed by atoms with Gasteiger partial charge in [-0.05, 0) is 30.8 Å². The minimum Gasteiger partial charge on any atom is -0.349 e. The molecule has 5 nitrogen and oxygen atoms in total. The van der Waals surface area contributed by atoms with Crippen LogP contribution in [0.3, 0.4) is 0 Å². The van der Waals surface area contributed by atoms with Crippen molar-refractivity contribution >= 4 is 18.3 Å². The van der Waals surface area contributed by atoms with Gasteiger partial charge in [0, 0.05) is 30.6 Å². The summed E-state index contributed by atoms with van der Waals surface area (Å²) >= 11 is 0. The Hall–Kier alpha value is -2.63. The first-order valence-corrected chi connectivity index (χ1v) is 9.99. The second kappa shape index (κ2) is 9.25. The molecule has 1 aromatic heterocycles. The molecule has 0 bridgehead atoms. The van der Waals surface area contributed by atoms with Crippen LogP contribution in [0.4, 0.5) is 0 Å². The van der Waals surface area contributed by atoms with E-state index in [0.29, 0.717) is 12.2 Å². The number of nitrogens with zero attached hydrogens (tertiary/aromatic N) is 3. The highest BCUT2D eigenvalue weighted by atomic mass is 35.5. The van der Waals surface area contributed by atoms with E-state index in [1.165, 1.54) is 5.56 Å². The highest BCUT2D eigenvalue weighted by Gasteiger charge is 2.30. The summed E-state index contributed by atoms with van der Waals surface area (Å²) < 4.78 is 1.92. The first-order valence-electron chi connectivity index (χ1n) is 9.99. The molecular formula is C23H27ClN4O. The molecule has 152 valence electrons. The van der Waals surface area contributed by atoms with Crippen LogP contribution in [0.2, 0.25) is 0 Å². The molecule has 1 amide bonds. The molecular weight excluding hydrogens is 384 g/mol. The van der Waals surface area contributed by atoms with E-state index in [9.17, 15) is 4.79 Å². The van der Waals surface area contributed by atoms with Gasteiger partial charge in [0.1, 0.15) is 0 Å². The van der Waals surface area contributed by atoms with E-state index in [4.69, 9.17) is 5.10 Å². The summed E-state index contributed by atoms with van der Waals surface area (Å²) in [6, 6.07) is 18.4. The Bertz CT molecular complexity index is 980. The van der Waals surface area contributed by atoms with Crippen LogP contribution in [0.5, 0.6) is 0 Å². The number of carbonyl (C=O) groups excluding carboxylic acids is 1. The second-order valence-corrected chi connectivity index (χ2v) is 7.04. The summed E-state index contributed by atoms with van der Waals surface area (Å²) in [7, 11) is 0. The number of likely N-dealkylation sites (N-methyl/N-ethyl adjacent to an activating group) is 1. The molecule has 0 atom stereocenters. The molecule has 1 heterocycles. The van der Waals surface area contributed by atoms with E-state index >= 15 is 0 Å². The molecule has 0 unspecified atom stereocenters. The Balaban J connectivity index is 0.00000240. The first kappa shape index (κ1) is 21.1. The van der Waals surface area contributed by atoms with Crippen molar-refractivity contribution in [3.8, 4) is 16.9 Å². The van der Waals surface area contributed by atoms with Gasteiger partial charge in [0.05, 0.1) is 11.4 Å². The lowest BCUT2D eigenvalue weighted by molar-refractivity contribution is 0.0942. The summed E-state index contributed by atoms with van der Waals surface area (Å²) in [5.74, 6) is -0.0918. The van der Waals surface area contributed by atoms with Gasteiger partial charge in [-0.25, -0.2) is 4.68 Å². The Morgan fingerprint density at radius 3 is 2.48 bits per heavy atom. The van der Waals surface area contributed by atoms with Crippen molar-refractivity contribution in [2.45, 2.75) is 20.3 Å². The zero-order chi connectivity index (χ0) is 19.5. The Morgan fingerprint density at radius 2 is 1.76 bits per heavy atom. The van der Waals surface area contributed by atoms with E-state index in [0.717, 1.165) is 48.6 Å². The summed E-state index contributed by atoms with van der Waals surface area (Å²) in [6.07, 6.45) is 0.747. The molecule has 4 rings (SSSR count). The fourth-order valence-electron chi connectivity index (χ4n) is 3.88. The van der Waals surface area contributed by atoms with Crippen LogP contribution in [-0.4, -0.2) is 46.8 Å². The van der Waals surface area contributed by atoms with Gasteiger partial charge < -0.3 is 10.2 Å². The van der Waals surface area contributed by atoms with Crippen molar-refractivity contribution in [3.05, 3.63) is 71.4 Å². The van der Waals surface area contributed by atoms with E-state index in [2.05, 4.69) is 42.3 Å². The maximum atomic E-state index is 13.0. The van der Waals surface area contributed by atoms with Crippen molar-refractivity contribution in [2.75, 3.05) is 26.2 Å². The quantitative estimate of drug-likeness (QED) is 0.502. The SMILES string of the molecule is CCN(CC)CCNC(=O)c1nn(-c2ccccc2)c2c1Cc1ccccc1-2.Cl. The van der Waals surface area contributed by atoms with Crippen molar-refractivity contribution in [1.82, 2.24) is 20.0 Å². The zero-order valence-electron chi connectivity index (χ0n) is 16.9. The lowest BCUT2D eigenvalue weighted by atomic mass is 10.1. The van der Waals surface area contributed by atoms with Gasteiger partial charge in [0.2, 0.25) is 0 Å². The third kappa shape index (κ3) is 4.07. The smallest absolute Gasteiger partial charge is 0.272 e. The summed E-state index contributed by atoms with van der Waals surface area (Å²) in [6.45, 7) is 7.72. The maximum Gasteiger partial charge on any atom is 0.272 e. The molecule has 0 radical (unpaired) electrons. The first-order chi connectivity index (χ1) is 13.7. The highest BCUT2D eigenvalue weighted by Crippen LogP contribution is 2.39. The minimum absolute atomic E-state index is 0. The van der Waals surface area contributed by atoms with Crippen molar-refractivity contribution in [2.24, 2.45) is 0 Å². The minimum atomic E-state index is -0.0918. The van der Waals surface area contributed by atoms with E-state index < -0.39 is 0 Å². The van der Waals surface area contributed by atoms with Gasteiger partial charge in [-0.2, -0.15) is 5.10 Å². The predicted octanol–water partition coefficient (Wildman–Crippen LogP) is 3.94. The van der Waals surface area contributed by atoms with Crippen LogP contribution in [0.25, 0.3) is 16.9 Å². The van der Waals surface area contributed by atoms with Crippen molar-refractivity contribution < 1.29 is 4.79 Å². The van der Waals surface area contributed by atoms with Crippen molar-refractivity contribution in [1.29, 1.82) is 0 Å². The van der Waals surface area contributed by atoms with Crippen LogP contribution in [0.1, 0.15) is 35.5 Å². The zero-order valence-corrected chi connectivity index (χ0v) is 17.7. The van der Waals surface area contributed by atoms with Gasteiger partial charge in [-0.1, -0.05) is 56.3 Å². The topological polar surface area (TPSA) is 50.2 Å². The summed E-state index contributed by atoms with van der Waals surface area (Å²) in [4.78, 5) is 15.2. The molecule has 0 fully saturated rings. The van der Waals surface area contributed by atoms with Crippen LogP contribution in [0, 0.1) is 0 Å². The largest absolute Gasteiger partial charge is 0.349 e. The van der Waals surface area contributed by atoms with E-state index in [-0.39, 0.29) is 18.3 Å². The number of halogens is 1. The Labute approximate surface area is 178 Å². The molecule has 1 aliphatic rings. The number of para-hydroxylation sites is 1. The number of nitrogens with one attached hydrogen (secondary N) is 1. The van der Waals surface area contributed by atoms with Crippen LogP contribution < -0.4 is 5.32 Å². The molecule has 0 saturated carbocycles. The number of benzene rings is 2. The number of hydrogen-bond donors (Lipinski definition) is 1. The number of carbonyl (C=O) groups is 1. The molecule has 1 N–H and O–H groups in total. The number of aromatic nitrogens is 2. The Kier molecular flexibility index (Phi) is 6.72. The third-order valence-corrected chi connectivity index (χ3v) is 5.45. The van der Waals surface area contributed by atoms with E-state index in [1.54, 1.807) is 0 Å². The number of hydrogen-bond acceptors (Lipinski definition) is 3. The van der Waals surface area contributed by atoms with Crippen LogP contribution >= 0.6 is 12.4 Å². The number of amides is 1. The predicted molar refractivity (Wildman–Crippen MR) is 119 cm³/mol. The van der Waals surface area contributed by atoms with Gasteiger partial charge in [0.15, 0.2) is 5.69 Å². The fourth-order valence-corrected chi connectivity index (χ4v) is 3.88. The molecule has 6 heteroatoms. The van der Waals surface area contributed by atoms with Crippen LogP contribution in [0.15, 0.2) is 54.6 Å². The van der Waals surface area contributed by atoms with Gasteiger partial charge >= 0.3 is 0 Å². The molecule has 3 aromatic rings. The average Bonchev–Trinajstić information content (AvgIpc) is 3.29. The normalized spacial score (nSPS) is 11.7. The lowest BCUT2D eigenvalue weighted by Crippen LogP contribution is -2.35. The molecule has 29 heavy (non-hydrogen) atoms. The Morgan fingerprint density at radius 1 is 1.07 bits per heavy atom. The highest BCUT2D eigenvalue weighted by molar-refractivity contribution is 5.97. The average molecular weight is 411 g/mol. The lowest BCUT2D eigenvalue weighted by Gasteiger charge is -2.17. The summed E-state index contributed by atoms with van der Waals surface area (Å²) in [5.41, 5.74) is 5.97. The molecule has 1 aliphatic carbocycles. The monoisotopic (exact) mass is 410 g/mol. The number of fused-ring (bicyclic) bond motifs is 3. The molecule has 0 saturated heterocycles. The van der Waals surface area contributed by atoms with Crippen LogP contribution in [-0.2, 0) is 6.42 Å². The van der Waals surface area contributed by atoms with Gasteiger partial charge in [-0.15, -0.1) is 12.4 Å². The standard InChI is InChI=1S/C23H26N4O.ClH/c1-3-26(4-2)15-14-24-23(28)21-20-16-17-10-8-9-13-19(17)22(20)27(25-21)18-11-6-5-7-12-18;/h5-13H,3-4,14-16H2,1-2H3,(H,24,28);1H. The number of rotatable bonds is 7.